The van der Waals surface area contributed by atoms with Crippen molar-refractivity contribution in [2.45, 2.75) is 25.4 Å². The maximum Gasteiger partial charge on any atom is 0.322 e. The Bertz CT molecular complexity index is 1010. The molecule has 1 aliphatic heterocycles. The SMILES string of the molecule is COc1nc(-c2nnc(C(=O)N3CCC(OC)C3)cc2CCC(=O)O)[nH]c1NCC(=O)O. The zero-order valence-electron chi connectivity index (χ0n) is 17.6. The normalized spacial score (nSPS) is 15.6. The van der Waals surface area contributed by atoms with E-state index in [9.17, 15) is 14.4 Å². The summed E-state index contributed by atoms with van der Waals surface area (Å²) in [6.07, 6.45) is 0.578. The number of methoxy groups -OCH3 is 2. The lowest BCUT2D eigenvalue weighted by atomic mass is 10.1. The van der Waals surface area contributed by atoms with Crippen LogP contribution in [0.4, 0.5) is 5.82 Å². The highest BCUT2D eigenvalue weighted by Crippen LogP contribution is 2.28. The molecule has 2 aromatic rings. The minimum Gasteiger partial charge on any atom is -0.481 e. The van der Waals surface area contributed by atoms with Crippen molar-refractivity contribution in [1.29, 1.82) is 0 Å². The highest BCUT2D eigenvalue weighted by molar-refractivity contribution is 5.93. The van der Waals surface area contributed by atoms with Crippen LogP contribution in [-0.4, -0.2) is 93.1 Å². The summed E-state index contributed by atoms with van der Waals surface area (Å²) < 4.78 is 10.4. The van der Waals surface area contributed by atoms with Crippen LogP contribution >= 0.6 is 0 Å². The third kappa shape index (κ3) is 5.29. The summed E-state index contributed by atoms with van der Waals surface area (Å²) in [7, 11) is 2.96. The number of carbonyl (C=O) groups excluding carboxylic acids is 1. The number of rotatable bonds is 10. The second kappa shape index (κ2) is 10.0. The van der Waals surface area contributed by atoms with Crippen molar-refractivity contribution in [2.75, 3.05) is 39.2 Å². The topological polar surface area (TPSA) is 180 Å². The standard InChI is InChI=1S/C19H24N6O7/c1-31-11-5-6-25(9-11)19(30)12-7-10(3-4-13(26)27)15(24-23-12)16-21-17(18(22-16)32-2)20-8-14(28)29/h7,11,20H,3-6,8-9H2,1-2H3,(H,21,22)(H,26,27)(H,28,29). The number of amides is 1. The maximum absolute atomic E-state index is 12.8. The molecule has 3 heterocycles. The van der Waals surface area contributed by atoms with E-state index in [1.165, 1.54) is 13.2 Å². The van der Waals surface area contributed by atoms with Crippen LogP contribution in [0, 0.1) is 0 Å². The van der Waals surface area contributed by atoms with Gasteiger partial charge in [0.05, 0.1) is 13.2 Å². The van der Waals surface area contributed by atoms with E-state index in [2.05, 4.69) is 25.5 Å². The van der Waals surface area contributed by atoms with Gasteiger partial charge in [-0.15, -0.1) is 10.2 Å². The number of aliphatic carboxylic acids is 2. The number of carboxylic acid groups (broad SMARTS) is 2. The molecule has 3 rings (SSSR count). The van der Waals surface area contributed by atoms with Crippen LogP contribution in [0.5, 0.6) is 5.88 Å². The van der Waals surface area contributed by atoms with Gasteiger partial charge in [0.2, 0.25) is 0 Å². The minimum absolute atomic E-state index is 0.0371. The van der Waals surface area contributed by atoms with Gasteiger partial charge in [0, 0.05) is 26.6 Å². The number of imidazole rings is 1. The Balaban J connectivity index is 1.92. The van der Waals surface area contributed by atoms with Crippen molar-refractivity contribution < 1.29 is 34.1 Å². The molecule has 0 bridgehead atoms. The summed E-state index contributed by atoms with van der Waals surface area (Å²) >= 11 is 0. The van der Waals surface area contributed by atoms with Crippen molar-refractivity contribution >= 4 is 23.7 Å². The Morgan fingerprint density at radius 3 is 2.66 bits per heavy atom. The van der Waals surface area contributed by atoms with Crippen molar-refractivity contribution in [2.24, 2.45) is 0 Å². The predicted octanol–water partition coefficient (Wildman–Crippen LogP) is 0.250. The second-order valence-electron chi connectivity index (χ2n) is 7.11. The molecule has 0 spiro atoms. The zero-order chi connectivity index (χ0) is 23.3. The number of H-pyrrole nitrogens is 1. The first-order valence-electron chi connectivity index (χ1n) is 9.82. The van der Waals surface area contributed by atoms with Gasteiger partial charge in [0.1, 0.15) is 12.2 Å². The fourth-order valence-corrected chi connectivity index (χ4v) is 3.33. The number of carboxylic acids is 2. The molecule has 1 saturated heterocycles. The number of anilines is 1. The molecule has 13 heteroatoms. The number of nitrogens with zero attached hydrogens (tertiary/aromatic N) is 4. The lowest BCUT2D eigenvalue weighted by Gasteiger charge is -2.16. The molecular weight excluding hydrogens is 424 g/mol. The van der Waals surface area contributed by atoms with Gasteiger partial charge in [-0.25, -0.2) is 0 Å². The van der Waals surface area contributed by atoms with E-state index < -0.39 is 11.9 Å². The summed E-state index contributed by atoms with van der Waals surface area (Å²) in [5, 5.41) is 28.8. The van der Waals surface area contributed by atoms with Gasteiger partial charge in [-0.1, -0.05) is 0 Å². The average molecular weight is 448 g/mol. The summed E-state index contributed by atoms with van der Waals surface area (Å²) in [6, 6.07) is 1.51. The van der Waals surface area contributed by atoms with Gasteiger partial charge in [-0.2, -0.15) is 4.98 Å². The van der Waals surface area contributed by atoms with E-state index in [0.717, 1.165) is 6.42 Å². The van der Waals surface area contributed by atoms with Crippen LogP contribution in [0.25, 0.3) is 11.5 Å². The molecule has 32 heavy (non-hydrogen) atoms. The van der Waals surface area contributed by atoms with Gasteiger partial charge in [0.25, 0.3) is 11.8 Å². The molecule has 172 valence electrons. The number of aromatic nitrogens is 4. The van der Waals surface area contributed by atoms with Gasteiger partial charge in [-0.3, -0.25) is 14.4 Å². The Morgan fingerprint density at radius 1 is 1.25 bits per heavy atom. The fourth-order valence-electron chi connectivity index (χ4n) is 3.33. The van der Waals surface area contributed by atoms with E-state index in [1.807, 2.05) is 0 Å². The molecule has 2 aromatic heterocycles. The van der Waals surface area contributed by atoms with E-state index in [-0.39, 0.29) is 60.3 Å². The van der Waals surface area contributed by atoms with Crippen molar-refractivity contribution in [1.82, 2.24) is 25.1 Å². The molecule has 1 atom stereocenters. The van der Waals surface area contributed by atoms with Gasteiger partial charge >= 0.3 is 11.9 Å². The van der Waals surface area contributed by atoms with Crippen molar-refractivity contribution in [3.63, 3.8) is 0 Å². The predicted molar refractivity (Wildman–Crippen MR) is 110 cm³/mol. The second-order valence-corrected chi connectivity index (χ2v) is 7.11. The van der Waals surface area contributed by atoms with E-state index in [0.29, 0.717) is 18.7 Å². The summed E-state index contributed by atoms with van der Waals surface area (Å²) in [5.74, 6) is -1.88. The lowest BCUT2D eigenvalue weighted by molar-refractivity contribution is -0.137. The number of likely N-dealkylation sites (tertiary alicyclic amines) is 1. The minimum atomic E-state index is -1.08. The zero-order valence-corrected chi connectivity index (χ0v) is 17.6. The smallest absolute Gasteiger partial charge is 0.322 e. The molecule has 1 amide bonds. The first-order valence-corrected chi connectivity index (χ1v) is 9.82. The van der Waals surface area contributed by atoms with Crippen molar-refractivity contribution in [3.05, 3.63) is 17.3 Å². The highest BCUT2D eigenvalue weighted by atomic mass is 16.5. The number of hydrogen-bond donors (Lipinski definition) is 4. The molecule has 1 fully saturated rings. The van der Waals surface area contributed by atoms with Crippen molar-refractivity contribution in [3.8, 4) is 17.4 Å². The average Bonchev–Trinajstić information content (AvgIpc) is 3.42. The van der Waals surface area contributed by atoms with Gasteiger partial charge in [-0.05, 0) is 24.5 Å². The molecule has 0 saturated carbocycles. The summed E-state index contributed by atoms with van der Waals surface area (Å²) in [6.45, 7) is 0.595. The molecule has 0 radical (unpaired) electrons. The molecular formula is C19H24N6O7. The molecule has 0 aromatic carbocycles. The van der Waals surface area contributed by atoms with Crippen LogP contribution in [0.3, 0.4) is 0 Å². The van der Waals surface area contributed by atoms with Crippen LogP contribution in [0.1, 0.15) is 28.9 Å². The van der Waals surface area contributed by atoms with E-state index in [4.69, 9.17) is 19.7 Å². The van der Waals surface area contributed by atoms with E-state index in [1.54, 1.807) is 12.0 Å². The quantitative estimate of drug-likeness (QED) is 0.391. The Kier molecular flexibility index (Phi) is 7.20. The summed E-state index contributed by atoms with van der Waals surface area (Å²) in [4.78, 5) is 43.6. The highest BCUT2D eigenvalue weighted by Gasteiger charge is 2.28. The van der Waals surface area contributed by atoms with Crippen LogP contribution in [0.15, 0.2) is 6.07 Å². The van der Waals surface area contributed by atoms with Gasteiger partial charge < -0.3 is 34.9 Å². The number of nitrogens with one attached hydrogen (secondary N) is 2. The number of hydrogen-bond acceptors (Lipinski definition) is 9. The first-order chi connectivity index (χ1) is 15.3. The molecule has 4 N–H and O–H groups in total. The number of aromatic amines is 1. The van der Waals surface area contributed by atoms with Crippen LogP contribution < -0.4 is 10.1 Å². The van der Waals surface area contributed by atoms with E-state index >= 15 is 0 Å². The van der Waals surface area contributed by atoms with Crippen LogP contribution in [-0.2, 0) is 20.7 Å². The monoisotopic (exact) mass is 448 g/mol. The lowest BCUT2D eigenvalue weighted by Crippen LogP contribution is -2.31. The molecule has 0 aliphatic carbocycles. The Hall–Kier alpha value is -3.74. The molecule has 1 unspecified atom stereocenters. The Morgan fingerprint density at radius 2 is 2.03 bits per heavy atom. The van der Waals surface area contributed by atoms with Gasteiger partial charge in [0.15, 0.2) is 17.3 Å². The fraction of sp³-hybridized carbons (Fsp3) is 0.474. The van der Waals surface area contributed by atoms with Crippen LogP contribution in [0.2, 0.25) is 0 Å². The third-order valence-corrected chi connectivity index (χ3v) is 4.97. The largest absolute Gasteiger partial charge is 0.481 e. The first kappa shape index (κ1) is 22.9. The number of carbonyl (C=O) groups is 3. The molecule has 13 nitrogen and oxygen atoms in total. The Labute approximate surface area is 182 Å². The summed E-state index contributed by atoms with van der Waals surface area (Å²) in [5.41, 5.74) is 0.781. The third-order valence-electron chi connectivity index (χ3n) is 4.97. The maximum atomic E-state index is 12.8. The number of ether oxygens (including phenoxy) is 2. The number of aryl methyl sites for hydroxylation is 1. The molecule has 1 aliphatic rings.